The average molecular weight is 481 g/mol. The van der Waals surface area contributed by atoms with E-state index in [1.807, 2.05) is 31.2 Å². The molecule has 1 atom stereocenters. The summed E-state index contributed by atoms with van der Waals surface area (Å²) in [6.07, 6.45) is 2.71. The SMILES string of the molecule is CCCOc1ccc(/C=c2\sc3n(c2=O)[C@@H](c2ccc(F)cc2)C(C(=O)OCC)=C(C)N=3)cc1. The molecule has 1 aliphatic rings. The molecule has 34 heavy (non-hydrogen) atoms. The van der Waals surface area contributed by atoms with Crippen LogP contribution in [0.3, 0.4) is 0 Å². The van der Waals surface area contributed by atoms with Gasteiger partial charge in [-0.2, -0.15) is 0 Å². The number of ether oxygens (including phenoxy) is 2. The summed E-state index contributed by atoms with van der Waals surface area (Å²) in [4.78, 5) is 31.4. The number of benzene rings is 2. The number of thiazole rings is 1. The molecule has 0 fully saturated rings. The van der Waals surface area contributed by atoms with Crippen LogP contribution in [0, 0.1) is 5.82 Å². The summed E-state index contributed by atoms with van der Waals surface area (Å²) in [5, 5.41) is 0. The van der Waals surface area contributed by atoms with Crippen LogP contribution in [0.2, 0.25) is 0 Å². The first-order valence-corrected chi connectivity index (χ1v) is 11.9. The molecule has 4 rings (SSSR count). The summed E-state index contributed by atoms with van der Waals surface area (Å²) in [6.45, 7) is 6.31. The molecule has 1 aliphatic heterocycles. The summed E-state index contributed by atoms with van der Waals surface area (Å²) in [5.74, 6) is -0.178. The second kappa shape index (κ2) is 10.2. The summed E-state index contributed by atoms with van der Waals surface area (Å²) in [7, 11) is 0. The Labute approximate surface area is 200 Å². The molecule has 1 aromatic heterocycles. The zero-order valence-corrected chi connectivity index (χ0v) is 20.0. The molecule has 0 amide bonds. The third kappa shape index (κ3) is 4.72. The van der Waals surface area contributed by atoms with Gasteiger partial charge in [0, 0.05) is 0 Å². The van der Waals surface area contributed by atoms with Gasteiger partial charge in [0.2, 0.25) is 0 Å². The van der Waals surface area contributed by atoms with Crippen LogP contribution >= 0.6 is 11.3 Å². The van der Waals surface area contributed by atoms with E-state index >= 15 is 0 Å². The molecule has 8 heteroatoms. The molecular formula is C26H25FN2O4S. The van der Waals surface area contributed by atoms with Gasteiger partial charge in [-0.15, -0.1) is 0 Å². The lowest BCUT2D eigenvalue weighted by Crippen LogP contribution is -2.39. The highest BCUT2D eigenvalue weighted by atomic mass is 32.1. The van der Waals surface area contributed by atoms with E-state index in [-0.39, 0.29) is 17.7 Å². The maximum absolute atomic E-state index is 13.6. The molecule has 0 bridgehead atoms. The predicted octanol–water partition coefficient (Wildman–Crippen LogP) is 3.73. The van der Waals surface area contributed by atoms with E-state index < -0.39 is 17.8 Å². The van der Waals surface area contributed by atoms with Crippen LogP contribution in [-0.2, 0) is 9.53 Å². The van der Waals surface area contributed by atoms with Crippen LogP contribution in [0.25, 0.3) is 6.08 Å². The molecule has 3 aromatic rings. The van der Waals surface area contributed by atoms with E-state index in [0.29, 0.717) is 27.2 Å². The van der Waals surface area contributed by atoms with Gasteiger partial charge in [-0.1, -0.05) is 42.5 Å². The minimum Gasteiger partial charge on any atom is -0.494 e. The standard InChI is InChI=1S/C26H25FN2O4S/c1-4-14-33-20-12-6-17(7-13-20)15-21-24(30)29-23(18-8-10-19(27)11-9-18)22(25(31)32-5-2)16(3)28-26(29)34-21/h6-13,15,23H,4-5,14H2,1-3H3/b21-15-/t23-/m0/s1. The third-order valence-corrected chi connectivity index (χ3v) is 6.34. The molecule has 0 saturated heterocycles. The largest absolute Gasteiger partial charge is 0.494 e. The number of nitrogens with zero attached hydrogens (tertiary/aromatic N) is 2. The molecule has 0 radical (unpaired) electrons. The maximum atomic E-state index is 13.6. The Morgan fingerprint density at radius 1 is 1.15 bits per heavy atom. The highest BCUT2D eigenvalue weighted by Crippen LogP contribution is 2.30. The molecule has 6 nitrogen and oxygen atoms in total. The Hall–Kier alpha value is -3.52. The molecule has 176 valence electrons. The van der Waals surface area contributed by atoms with Crippen molar-refractivity contribution in [2.45, 2.75) is 33.2 Å². The Kier molecular flexibility index (Phi) is 7.07. The fourth-order valence-corrected chi connectivity index (χ4v) is 4.83. The summed E-state index contributed by atoms with van der Waals surface area (Å²) in [6, 6.07) is 12.5. The zero-order valence-electron chi connectivity index (χ0n) is 19.2. The topological polar surface area (TPSA) is 69.9 Å². The van der Waals surface area contributed by atoms with E-state index in [0.717, 1.165) is 17.7 Å². The van der Waals surface area contributed by atoms with Gasteiger partial charge in [0.05, 0.1) is 35.1 Å². The number of carbonyl (C=O) groups is 1. The van der Waals surface area contributed by atoms with E-state index in [1.54, 1.807) is 32.1 Å². The van der Waals surface area contributed by atoms with E-state index in [1.165, 1.54) is 28.0 Å². The highest BCUT2D eigenvalue weighted by molar-refractivity contribution is 7.07. The Bertz CT molecular complexity index is 1400. The van der Waals surface area contributed by atoms with Gasteiger partial charge in [0.15, 0.2) is 4.80 Å². The lowest BCUT2D eigenvalue weighted by Gasteiger charge is -2.24. The van der Waals surface area contributed by atoms with Crippen molar-refractivity contribution in [1.82, 2.24) is 4.57 Å². The first-order valence-electron chi connectivity index (χ1n) is 11.1. The van der Waals surface area contributed by atoms with Crippen LogP contribution in [0.5, 0.6) is 5.75 Å². The zero-order chi connectivity index (χ0) is 24.2. The number of esters is 1. The van der Waals surface area contributed by atoms with Gasteiger partial charge in [-0.3, -0.25) is 9.36 Å². The van der Waals surface area contributed by atoms with Gasteiger partial charge < -0.3 is 9.47 Å². The number of rotatable bonds is 7. The fourth-order valence-electron chi connectivity index (χ4n) is 3.78. The van der Waals surface area contributed by atoms with E-state index in [4.69, 9.17) is 9.47 Å². The van der Waals surface area contributed by atoms with Gasteiger partial charge in [-0.25, -0.2) is 14.2 Å². The number of hydrogen-bond donors (Lipinski definition) is 0. The van der Waals surface area contributed by atoms with Crippen LogP contribution in [0.15, 0.2) is 69.6 Å². The molecule has 2 aromatic carbocycles. The third-order valence-electron chi connectivity index (χ3n) is 5.35. The van der Waals surface area contributed by atoms with Crippen LogP contribution in [0.4, 0.5) is 4.39 Å². The quantitative estimate of drug-likeness (QED) is 0.484. The first kappa shape index (κ1) is 23.6. The van der Waals surface area contributed by atoms with E-state index in [9.17, 15) is 14.0 Å². The Morgan fingerprint density at radius 2 is 1.85 bits per heavy atom. The van der Waals surface area contributed by atoms with Crippen molar-refractivity contribution >= 4 is 23.4 Å². The number of aromatic nitrogens is 1. The molecule has 0 unspecified atom stereocenters. The molecule has 0 aliphatic carbocycles. The van der Waals surface area contributed by atoms with Gasteiger partial charge in [0.1, 0.15) is 11.6 Å². The van der Waals surface area contributed by atoms with Crippen molar-refractivity contribution < 1.29 is 18.7 Å². The molecular weight excluding hydrogens is 455 g/mol. The van der Waals surface area contributed by atoms with Gasteiger partial charge >= 0.3 is 5.97 Å². The first-order chi connectivity index (χ1) is 16.4. The summed E-state index contributed by atoms with van der Waals surface area (Å²) in [5.41, 5.74) is 1.90. The summed E-state index contributed by atoms with van der Waals surface area (Å²) >= 11 is 1.24. The maximum Gasteiger partial charge on any atom is 0.338 e. The minimum absolute atomic E-state index is 0.189. The molecule has 0 N–H and O–H groups in total. The van der Waals surface area contributed by atoms with Crippen LogP contribution < -0.4 is 19.6 Å². The van der Waals surface area contributed by atoms with Crippen molar-refractivity contribution in [1.29, 1.82) is 0 Å². The fraction of sp³-hybridized carbons (Fsp3) is 0.269. The average Bonchev–Trinajstić information content (AvgIpc) is 3.12. The van der Waals surface area contributed by atoms with Gasteiger partial charge in [0.25, 0.3) is 5.56 Å². The summed E-state index contributed by atoms with van der Waals surface area (Å²) < 4.78 is 26.5. The lowest BCUT2D eigenvalue weighted by molar-refractivity contribution is -0.139. The number of allylic oxidation sites excluding steroid dienone is 1. The monoisotopic (exact) mass is 480 g/mol. The van der Waals surface area contributed by atoms with Crippen LogP contribution in [-0.4, -0.2) is 23.8 Å². The number of halogens is 1. The highest BCUT2D eigenvalue weighted by Gasteiger charge is 2.33. The smallest absolute Gasteiger partial charge is 0.338 e. The van der Waals surface area contributed by atoms with Crippen molar-refractivity contribution in [3.8, 4) is 5.75 Å². The Balaban J connectivity index is 1.83. The molecule has 2 heterocycles. The van der Waals surface area contributed by atoms with Crippen LogP contribution in [0.1, 0.15) is 44.4 Å². The number of fused-ring (bicyclic) bond motifs is 1. The number of hydrogen-bond acceptors (Lipinski definition) is 6. The van der Waals surface area contributed by atoms with Crippen molar-refractivity contribution in [2.24, 2.45) is 4.99 Å². The van der Waals surface area contributed by atoms with Crippen molar-refractivity contribution in [2.75, 3.05) is 13.2 Å². The normalized spacial score (nSPS) is 15.6. The predicted molar refractivity (Wildman–Crippen MR) is 129 cm³/mol. The second-order valence-corrected chi connectivity index (χ2v) is 8.78. The van der Waals surface area contributed by atoms with E-state index in [2.05, 4.69) is 4.99 Å². The van der Waals surface area contributed by atoms with Crippen molar-refractivity contribution in [3.05, 3.63) is 96.4 Å². The molecule has 0 spiro atoms. The van der Waals surface area contributed by atoms with Crippen molar-refractivity contribution in [3.63, 3.8) is 0 Å². The van der Waals surface area contributed by atoms with Gasteiger partial charge in [-0.05, 0) is 61.7 Å². The number of carbonyl (C=O) groups excluding carboxylic acids is 1. The minimum atomic E-state index is -0.761. The molecule has 0 saturated carbocycles. The second-order valence-electron chi connectivity index (χ2n) is 7.77. The Morgan fingerprint density at radius 3 is 2.50 bits per heavy atom. The lowest BCUT2D eigenvalue weighted by atomic mass is 9.96.